The molecule has 0 saturated carbocycles. The molecule has 3 heterocycles. The van der Waals surface area contributed by atoms with Crippen molar-refractivity contribution in [2.45, 2.75) is 63.1 Å². The minimum atomic E-state index is -0.996. The summed E-state index contributed by atoms with van der Waals surface area (Å²) in [4.78, 5) is 19.8. The molecule has 2 atom stereocenters. The van der Waals surface area contributed by atoms with Gasteiger partial charge in [0.15, 0.2) is 0 Å². The second kappa shape index (κ2) is 7.95. The first-order chi connectivity index (χ1) is 16.4. The molecular weight excluding hydrogens is 424 g/mol. The predicted molar refractivity (Wildman–Crippen MR) is 131 cm³/mol. The number of benzene rings is 2. The zero-order valence-electron chi connectivity index (χ0n) is 19.7. The van der Waals surface area contributed by atoms with Crippen molar-refractivity contribution >= 4 is 6.09 Å². The number of aromatic nitrogens is 1. The van der Waals surface area contributed by atoms with Gasteiger partial charge in [-0.2, -0.15) is 0 Å². The lowest BCUT2D eigenvalue weighted by atomic mass is 9.81. The summed E-state index contributed by atoms with van der Waals surface area (Å²) in [6.07, 6.45) is 4.35. The number of pyridine rings is 1. The van der Waals surface area contributed by atoms with Crippen LogP contribution in [0, 0.1) is 13.8 Å². The van der Waals surface area contributed by atoms with Gasteiger partial charge in [0.1, 0.15) is 12.2 Å². The van der Waals surface area contributed by atoms with E-state index in [1.54, 1.807) is 0 Å². The van der Waals surface area contributed by atoms with Crippen molar-refractivity contribution in [1.82, 2.24) is 9.88 Å². The smallest absolute Gasteiger partial charge is 0.410 e. The fraction of sp³-hybridized carbons (Fsp3) is 0.379. The molecule has 6 rings (SSSR count). The molecule has 2 unspecified atom stereocenters. The SMILES string of the molecule is Cc1cnc(C2(O)CC3CCC(C2)N3C(=O)OCC2c3ccccc3-c3ccccc32)c(C)c1. The Hall–Kier alpha value is -3.18. The number of ether oxygens (including phenoxy) is 1. The number of nitrogens with zero attached hydrogens (tertiary/aromatic N) is 2. The fourth-order valence-corrected chi connectivity index (χ4v) is 6.59. The first-order valence-electron chi connectivity index (χ1n) is 12.2. The van der Waals surface area contributed by atoms with Crippen LogP contribution in [0.3, 0.4) is 0 Å². The number of hydrogen-bond donors (Lipinski definition) is 1. The molecule has 34 heavy (non-hydrogen) atoms. The van der Waals surface area contributed by atoms with E-state index in [1.807, 2.05) is 37.1 Å². The fourth-order valence-electron chi connectivity index (χ4n) is 6.59. The Labute approximate surface area is 200 Å². The maximum absolute atomic E-state index is 13.3. The van der Waals surface area contributed by atoms with Crippen LogP contribution in [0.4, 0.5) is 4.79 Å². The quantitative estimate of drug-likeness (QED) is 0.571. The molecule has 2 aromatic carbocycles. The molecular formula is C29H30N2O3. The molecule has 3 aromatic rings. The highest BCUT2D eigenvalue weighted by molar-refractivity contribution is 5.79. The first-order valence-corrected chi connectivity index (χ1v) is 12.2. The van der Waals surface area contributed by atoms with Crippen LogP contribution in [-0.2, 0) is 10.3 Å². The van der Waals surface area contributed by atoms with Crippen LogP contribution in [0.25, 0.3) is 11.1 Å². The first kappa shape index (κ1) is 21.4. The van der Waals surface area contributed by atoms with E-state index in [1.165, 1.54) is 22.3 Å². The second-order valence-electron chi connectivity index (χ2n) is 10.2. The third kappa shape index (κ3) is 3.33. The van der Waals surface area contributed by atoms with Crippen molar-refractivity contribution < 1.29 is 14.6 Å². The van der Waals surface area contributed by atoms with E-state index in [0.29, 0.717) is 19.4 Å². The van der Waals surface area contributed by atoms with Crippen molar-refractivity contribution in [1.29, 1.82) is 0 Å². The molecule has 3 aliphatic rings. The van der Waals surface area contributed by atoms with Crippen LogP contribution in [-0.4, -0.2) is 39.8 Å². The largest absolute Gasteiger partial charge is 0.448 e. The number of fused-ring (bicyclic) bond motifs is 5. The summed E-state index contributed by atoms with van der Waals surface area (Å²) in [7, 11) is 0. The van der Waals surface area contributed by atoms with Gasteiger partial charge in [0.05, 0.1) is 5.69 Å². The van der Waals surface area contributed by atoms with Crippen LogP contribution >= 0.6 is 0 Å². The van der Waals surface area contributed by atoms with E-state index >= 15 is 0 Å². The average molecular weight is 455 g/mol. The number of rotatable bonds is 3. The zero-order valence-corrected chi connectivity index (χ0v) is 19.7. The lowest BCUT2D eigenvalue weighted by Crippen LogP contribution is -2.52. The van der Waals surface area contributed by atoms with Crippen LogP contribution in [0.1, 0.15) is 59.5 Å². The molecule has 2 bridgehead atoms. The second-order valence-corrected chi connectivity index (χ2v) is 10.2. The summed E-state index contributed by atoms with van der Waals surface area (Å²) in [6.45, 7) is 4.34. The normalized spacial score (nSPS) is 25.2. The van der Waals surface area contributed by atoms with E-state index in [-0.39, 0.29) is 24.1 Å². The highest BCUT2D eigenvalue weighted by atomic mass is 16.6. The number of carbonyl (C=O) groups is 1. The van der Waals surface area contributed by atoms with Crippen molar-refractivity contribution in [3.63, 3.8) is 0 Å². The van der Waals surface area contributed by atoms with Crippen LogP contribution < -0.4 is 0 Å². The van der Waals surface area contributed by atoms with E-state index in [0.717, 1.165) is 29.7 Å². The molecule has 0 spiro atoms. The molecule has 1 aromatic heterocycles. The molecule has 2 aliphatic heterocycles. The van der Waals surface area contributed by atoms with E-state index in [9.17, 15) is 9.90 Å². The van der Waals surface area contributed by atoms with E-state index in [4.69, 9.17) is 4.74 Å². The van der Waals surface area contributed by atoms with Crippen LogP contribution in [0.15, 0.2) is 60.8 Å². The summed E-state index contributed by atoms with van der Waals surface area (Å²) in [5.41, 5.74) is 6.74. The molecule has 1 aliphatic carbocycles. The van der Waals surface area contributed by atoms with Gasteiger partial charge in [-0.1, -0.05) is 54.6 Å². The minimum Gasteiger partial charge on any atom is -0.448 e. The molecule has 2 fully saturated rings. The third-order valence-corrected chi connectivity index (χ3v) is 7.97. The summed E-state index contributed by atoms with van der Waals surface area (Å²) < 4.78 is 5.96. The Morgan fingerprint density at radius 2 is 1.62 bits per heavy atom. The lowest BCUT2D eigenvalue weighted by Gasteiger charge is -2.43. The number of amides is 1. The van der Waals surface area contributed by atoms with Crippen molar-refractivity contribution in [3.05, 3.63) is 88.7 Å². The van der Waals surface area contributed by atoms with Gasteiger partial charge in [-0.15, -0.1) is 0 Å². The van der Waals surface area contributed by atoms with E-state index < -0.39 is 5.60 Å². The van der Waals surface area contributed by atoms with Crippen molar-refractivity contribution in [2.75, 3.05) is 6.61 Å². The number of hydrogen-bond acceptors (Lipinski definition) is 4. The Kier molecular flexibility index (Phi) is 4.99. The molecule has 1 N–H and O–H groups in total. The van der Waals surface area contributed by atoms with Gasteiger partial charge in [0, 0.05) is 37.0 Å². The molecule has 2 saturated heterocycles. The van der Waals surface area contributed by atoms with Gasteiger partial charge in [-0.3, -0.25) is 4.98 Å². The van der Waals surface area contributed by atoms with Gasteiger partial charge in [-0.05, 0) is 60.1 Å². The van der Waals surface area contributed by atoms with Gasteiger partial charge < -0.3 is 14.7 Å². The topological polar surface area (TPSA) is 62.7 Å². The number of carbonyl (C=O) groups excluding carboxylic acids is 1. The van der Waals surface area contributed by atoms with Crippen molar-refractivity contribution in [3.8, 4) is 11.1 Å². The Morgan fingerprint density at radius 1 is 1.03 bits per heavy atom. The van der Waals surface area contributed by atoms with Gasteiger partial charge in [-0.25, -0.2) is 4.79 Å². The molecule has 0 radical (unpaired) electrons. The highest BCUT2D eigenvalue weighted by Crippen LogP contribution is 2.47. The maximum Gasteiger partial charge on any atom is 0.410 e. The summed E-state index contributed by atoms with van der Waals surface area (Å²) in [5.74, 6) is 0.0511. The Balaban J connectivity index is 1.19. The van der Waals surface area contributed by atoms with Gasteiger partial charge >= 0.3 is 6.09 Å². The summed E-state index contributed by atoms with van der Waals surface area (Å²) >= 11 is 0. The third-order valence-electron chi connectivity index (χ3n) is 7.97. The van der Waals surface area contributed by atoms with Gasteiger partial charge in [0.2, 0.25) is 0 Å². The van der Waals surface area contributed by atoms with Gasteiger partial charge in [0.25, 0.3) is 0 Å². The molecule has 1 amide bonds. The summed E-state index contributed by atoms with van der Waals surface area (Å²) in [5, 5.41) is 11.6. The zero-order chi connectivity index (χ0) is 23.4. The highest BCUT2D eigenvalue weighted by Gasteiger charge is 2.51. The molecule has 5 nitrogen and oxygen atoms in total. The number of aliphatic hydroxyl groups is 1. The Morgan fingerprint density at radius 3 is 2.21 bits per heavy atom. The average Bonchev–Trinajstić information content (AvgIpc) is 3.29. The van der Waals surface area contributed by atoms with E-state index in [2.05, 4.69) is 47.4 Å². The van der Waals surface area contributed by atoms with Crippen LogP contribution in [0.5, 0.6) is 0 Å². The summed E-state index contributed by atoms with van der Waals surface area (Å²) in [6, 6.07) is 18.8. The Bertz CT molecular complexity index is 1210. The van der Waals surface area contributed by atoms with Crippen molar-refractivity contribution in [2.24, 2.45) is 0 Å². The predicted octanol–water partition coefficient (Wildman–Crippen LogP) is 5.46. The minimum absolute atomic E-state index is 0.0260. The van der Waals surface area contributed by atoms with Crippen LogP contribution in [0.2, 0.25) is 0 Å². The standard InChI is InChI=1S/C29H30N2O3/c1-18-13-19(2)27(30-16-18)29(33)14-20-11-12-21(15-29)31(20)28(32)34-17-26-24-9-5-3-7-22(24)23-8-4-6-10-25(23)26/h3-10,13,16,20-21,26,33H,11-12,14-15,17H2,1-2H3. The number of piperidine rings is 1. The number of aryl methyl sites for hydroxylation is 2. The maximum atomic E-state index is 13.3. The monoisotopic (exact) mass is 454 g/mol. The molecule has 174 valence electrons. The lowest BCUT2D eigenvalue weighted by molar-refractivity contribution is -0.0562. The molecule has 5 heteroatoms.